The van der Waals surface area contributed by atoms with E-state index in [-0.39, 0.29) is 11.6 Å². The first-order valence-electron chi connectivity index (χ1n) is 9.03. The Morgan fingerprint density at radius 2 is 1.88 bits per heavy atom. The van der Waals surface area contributed by atoms with Crippen molar-refractivity contribution >= 4 is 0 Å². The molecule has 1 heterocycles. The summed E-state index contributed by atoms with van der Waals surface area (Å²) in [5.74, 6) is 1.74. The van der Waals surface area contributed by atoms with Crippen molar-refractivity contribution in [3.63, 3.8) is 0 Å². The van der Waals surface area contributed by atoms with Crippen molar-refractivity contribution in [3.05, 3.63) is 53.5 Å². The van der Waals surface area contributed by atoms with E-state index in [0.717, 1.165) is 29.9 Å². The lowest BCUT2D eigenvalue weighted by atomic mass is 9.83. The van der Waals surface area contributed by atoms with Crippen LogP contribution in [0, 0.1) is 18.7 Å². The molecule has 0 bridgehead atoms. The molecule has 1 saturated carbocycles. The van der Waals surface area contributed by atoms with Crippen LogP contribution >= 0.6 is 0 Å². The highest BCUT2D eigenvalue weighted by molar-refractivity contribution is 5.39. The molecule has 128 valence electrons. The zero-order valence-corrected chi connectivity index (χ0v) is 14.6. The zero-order valence-electron chi connectivity index (χ0n) is 14.6. The summed E-state index contributed by atoms with van der Waals surface area (Å²) in [5.41, 5.74) is 1.91. The van der Waals surface area contributed by atoms with Gasteiger partial charge in [-0.1, -0.05) is 50.8 Å². The number of benzene rings is 1. The van der Waals surface area contributed by atoms with Gasteiger partial charge >= 0.3 is 0 Å². The number of halogens is 1. The molecular weight excluding hydrogens is 301 g/mol. The Balaban J connectivity index is 1.87. The predicted molar refractivity (Wildman–Crippen MR) is 95.1 cm³/mol. The molecule has 2 aromatic rings. The van der Waals surface area contributed by atoms with Gasteiger partial charge in [-0.05, 0) is 49.3 Å². The second kappa shape index (κ2) is 7.78. The Morgan fingerprint density at radius 3 is 2.71 bits per heavy atom. The number of ether oxygens (including phenoxy) is 1. The summed E-state index contributed by atoms with van der Waals surface area (Å²) >= 11 is 0. The third-order valence-electron chi connectivity index (χ3n) is 5.11. The van der Waals surface area contributed by atoms with Crippen molar-refractivity contribution < 1.29 is 9.13 Å². The van der Waals surface area contributed by atoms with Gasteiger partial charge in [0.2, 0.25) is 5.88 Å². The summed E-state index contributed by atoms with van der Waals surface area (Å²) in [4.78, 5) is 4.42. The lowest BCUT2D eigenvalue weighted by molar-refractivity contribution is 0.363. The van der Waals surface area contributed by atoms with E-state index in [0.29, 0.717) is 11.8 Å². The molecule has 3 rings (SSSR count). The summed E-state index contributed by atoms with van der Waals surface area (Å²) in [6.45, 7) is 4.20. The topological polar surface area (TPSA) is 22.1 Å². The van der Waals surface area contributed by atoms with Crippen molar-refractivity contribution in [1.29, 1.82) is 0 Å². The molecule has 0 N–H and O–H groups in total. The quantitative estimate of drug-likeness (QED) is 0.651. The maximum Gasteiger partial charge on any atom is 0.222 e. The number of pyridine rings is 1. The van der Waals surface area contributed by atoms with Gasteiger partial charge in [0.1, 0.15) is 0 Å². The minimum absolute atomic E-state index is 0.289. The first kappa shape index (κ1) is 16.9. The minimum atomic E-state index is -0.335. The van der Waals surface area contributed by atoms with Crippen LogP contribution in [0.25, 0.3) is 0 Å². The van der Waals surface area contributed by atoms with Crippen LogP contribution in [0.5, 0.6) is 11.6 Å². The van der Waals surface area contributed by atoms with Crippen molar-refractivity contribution in [2.75, 3.05) is 0 Å². The number of aryl methyl sites for hydroxylation is 1. The summed E-state index contributed by atoms with van der Waals surface area (Å²) in [7, 11) is 0. The highest BCUT2D eigenvalue weighted by atomic mass is 19.1. The molecule has 1 fully saturated rings. The molecule has 2 atom stereocenters. The summed E-state index contributed by atoms with van der Waals surface area (Å²) in [5, 5.41) is 0. The summed E-state index contributed by atoms with van der Waals surface area (Å²) in [6.07, 6.45) is 9.13. The molecule has 24 heavy (non-hydrogen) atoms. The van der Waals surface area contributed by atoms with Gasteiger partial charge in [0.05, 0.1) is 0 Å². The van der Waals surface area contributed by atoms with Gasteiger partial charge in [-0.3, -0.25) is 0 Å². The van der Waals surface area contributed by atoms with Crippen LogP contribution in [0.15, 0.2) is 36.5 Å². The van der Waals surface area contributed by atoms with Gasteiger partial charge < -0.3 is 4.74 Å². The summed E-state index contributed by atoms with van der Waals surface area (Å²) < 4.78 is 20.1. The Labute approximate surface area is 144 Å². The van der Waals surface area contributed by atoms with Gasteiger partial charge in [0.25, 0.3) is 0 Å². The van der Waals surface area contributed by atoms with Gasteiger partial charge in [0.15, 0.2) is 11.6 Å². The number of hydrogen-bond donors (Lipinski definition) is 0. The van der Waals surface area contributed by atoms with E-state index in [2.05, 4.69) is 18.0 Å². The third kappa shape index (κ3) is 3.95. The van der Waals surface area contributed by atoms with E-state index < -0.39 is 0 Å². The van der Waals surface area contributed by atoms with Crippen LogP contribution in [0.3, 0.4) is 0 Å². The van der Waals surface area contributed by atoms with Crippen molar-refractivity contribution in [3.8, 4) is 11.6 Å². The normalized spacial score (nSPS) is 21.8. The molecule has 0 radical (unpaired) electrons. The Hall–Kier alpha value is -1.90. The van der Waals surface area contributed by atoms with Crippen LogP contribution in [0.2, 0.25) is 0 Å². The fourth-order valence-corrected chi connectivity index (χ4v) is 3.61. The largest absolute Gasteiger partial charge is 0.435 e. The SMILES string of the molecule is Cc1cccc(F)c1Oc1ncccc1C1CCCC[C@H](C)CC1. The fourth-order valence-electron chi connectivity index (χ4n) is 3.61. The number of nitrogens with zero attached hydrogens (tertiary/aromatic N) is 1. The van der Waals surface area contributed by atoms with Crippen LogP contribution in [-0.2, 0) is 0 Å². The second-order valence-corrected chi connectivity index (χ2v) is 7.05. The summed E-state index contributed by atoms with van der Waals surface area (Å²) in [6, 6.07) is 9.04. The van der Waals surface area contributed by atoms with E-state index in [1.165, 1.54) is 31.7 Å². The standard InChI is InChI=1S/C21H26FNO/c1-15-7-3-4-9-17(13-12-15)18-10-6-14-23-21(18)24-20-16(2)8-5-11-19(20)22/h5-6,8,10-11,14-15,17H,3-4,7,9,12-13H2,1-2H3/t15-,17?/m0/s1. The fraction of sp³-hybridized carbons (Fsp3) is 0.476. The van der Waals surface area contributed by atoms with Gasteiger partial charge in [-0.25, -0.2) is 9.37 Å². The Bertz CT molecular complexity index is 665. The molecule has 0 spiro atoms. The van der Waals surface area contributed by atoms with Crippen molar-refractivity contribution in [1.82, 2.24) is 4.98 Å². The number of aromatic nitrogens is 1. The van der Waals surface area contributed by atoms with Crippen LogP contribution in [0.1, 0.15) is 62.5 Å². The molecule has 0 aliphatic heterocycles. The smallest absolute Gasteiger partial charge is 0.222 e. The lowest BCUT2D eigenvalue weighted by Gasteiger charge is -2.24. The average Bonchev–Trinajstić information content (AvgIpc) is 2.56. The Morgan fingerprint density at radius 1 is 1.04 bits per heavy atom. The van der Waals surface area contributed by atoms with Crippen LogP contribution < -0.4 is 4.74 Å². The molecule has 1 unspecified atom stereocenters. The highest BCUT2D eigenvalue weighted by Crippen LogP contribution is 2.38. The molecule has 3 heteroatoms. The molecule has 1 aromatic heterocycles. The van der Waals surface area contributed by atoms with Gasteiger partial charge in [-0.15, -0.1) is 0 Å². The van der Waals surface area contributed by atoms with Crippen LogP contribution in [-0.4, -0.2) is 4.98 Å². The maximum absolute atomic E-state index is 14.1. The van der Waals surface area contributed by atoms with E-state index in [1.54, 1.807) is 12.3 Å². The minimum Gasteiger partial charge on any atom is -0.435 e. The van der Waals surface area contributed by atoms with E-state index >= 15 is 0 Å². The molecule has 1 aliphatic rings. The Kier molecular flexibility index (Phi) is 5.49. The van der Waals surface area contributed by atoms with Gasteiger partial charge in [-0.2, -0.15) is 0 Å². The molecule has 0 saturated heterocycles. The van der Waals surface area contributed by atoms with E-state index in [9.17, 15) is 4.39 Å². The van der Waals surface area contributed by atoms with Gasteiger partial charge in [0, 0.05) is 11.8 Å². The average molecular weight is 327 g/mol. The zero-order chi connectivity index (χ0) is 16.9. The number of rotatable bonds is 3. The molecular formula is C21H26FNO. The van der Waals surface area contributed by atoms with E-state index in [4.69, 9.17) is 4.74 Å². The molecule has 0 amide bonds. The predicted octanol–water partition coefficient (Wildman–Crippen LogP) is 6.40. The second-order valence-electron chi connectivity index (χ2n) is 7.05. The number of hydrogen-bond acceptors (Lipinski definition) is 2. The lowest BCUT2D eigenvalue weighted by Crippen LogP contribution is -2.09. The highest BCUT2D eigenvalue weighted by Gasteiger charge is 2.21. The molecule has 2 nitrogen and oxygen atoms in total. The number of para-hydroxylation sites is 1. The maximum atomic E-state index is 14.1. The molecule has 1 aromatic carbocycles. The van der Waals surface area contributed by atoms with Crippen molar-refractivity contribution in [2.24, 2.45) is 5.92 Å². The molecule has 1 aliphatic carbocycles. The van der Waals surface area contributed by atoms with Crippen LogP contribution in [0.4, 0.5) is 4.39 Å². The third-order valence-corrected chi connectivity index (χ3v) is 5.11. The first-order chi connectivity index (χ1) is 11.6. The monoisotopic (exact) mass is 327 g/mol. The first-order valence-corrected chi connectivity index (χ1v) is 9.03. The van der Waals surface area contributed by atoms with Crippen molar-refractivity contribution in [2.45, 2.75) is 58.3 Å². The van der Waals surface area contributed by atoms with E-state index in [1.807, 2.05) is 19.1 Å².